The van der Waals surface area contributed by atoms with Gasteiger partial charge in [0.25, 0.3) is 5.56 Å². The van der Waals surface area contributed by atoms with Gasteiger partial charge in [0.2, 0.25) is 0 Å². The van der Waals surface area contributed by atoms with Crippen LogP contribution in [0.4, 0.5) is 11.5 Å². The first kappa shape index (κ1) is 11.5. The van der Waals surface area contributed by atoms with E-state index in [0.717, 1.165) is 5.56 Å². The molecule has 0 saturated carbocycles. The fourth-order valence-corrected chi connectivity index (χ4v) is 1.97. The monoisotopic (exact) mass is 249 g/mol. The maximum absolute atomic E-state index is 11.2. The van der Waals surface area contributed by atoms with E-state index in [4.69, 9.17) is 11.5 Å². The summed E-state index contributed by atoms with van der Waals surface area (Å²) in [5.41, 5.74) is 12.5. The van der Waals surface area contributed by atoms with Gasteiger partial charge in [-0.15, -0.1) is 0 Å². The Morgan fingerprint density at radius 1 is 1.35 bits per heavy atom. The molecule has 0 aliphatic heterocycles. The minimum absolute atomic E-state index is 0.177. The number of nitrogen functional groups attached to an aromatic ring is 2. The van der Waals surface area contributed by atoms with Crippen LogP contribution < -0.4 is 17.0 Å². The topological polar surface area (TPSA) is 111 Å². The number of hydrogen-bond donors (Lipinski definition) is 3. The standard InChI is InChI=1S/C10H11N5OS/c1-5-4-13-9(2-6(5)11)17-10-14-7(12)3-8(16)15-10/h2-4H,1H3,(H2,11,13)(H3,12,14,15,16). The SMILES string of the molecule is Cc1cnc(Sc2nc(N)cc(=O)[nH]2)cc1N. The van der Waals surface area contributed by atoms with E-state index >= 15 is 0 Å². The molecule has 0 aromatic carbocycles. The molecule has 0 saturated heterocycles. The highest BCUT2D eigenvalue weighted by Gasteiger charge is 2.04. The van der Waals surface area contributed by atoms with Crippen molar-refractivity contribution in [1.29, 1.82) is 0 Å². The van der Waals surface area contributed by atoms with E-state index in [2.05, 4.69) is 15.0 Å². The first-order valence-corrected chi connectivity index (χ1v) is 5.63. The van der Waals surface area contributed by atoms with Gasteiger partial charge in [0, 0.05) is 18.0 Å². The summed E-state index contributed by atoms with van der Waals surface area (Å²) in [5.74, 6) is 0.177. The molecule has 0 bridgehead atoms. The summed E-state index contributed by atoms with van der Waals surface area (Å²) in [6, 6.07) is 2.95. The Morgan fingerprint density at radius 2 is 2.12 bits per heavy atom. The van der Waals surface area contributed by atoms with Crippen LogP contribution in [0.5, 0.6) is 0 Å². The van der Waals surface area contributed by atoms with Crippen molar-refractivity contribution in [3.8, 4) is 0 Å². The molecule has 0 spiro atoms. The molecular weight excluding hydrogens is 238 g/mol. The minimum Gasteiger partial charge on any atom is -0.398 e. The van der Waals surface area contributed by atoms with Crippen molar-refractivity contribution in [3.05, 3.63) is 34.2 Å². The van der Waals surface area contributed by atoms with E-state index in [1.54, 1.807) is 12.3 Å². The van der Waals surface area contributed by atoms with Crippen molar-refractivity contribution in [2.24, 2.45) is 0 Å². The molecule has 0 aliphatic carbocycles. The largest absolute Gasteiger partial charge is 0.398 e. The van der Waals surface area contributed by atoms with Crippen LogP contribution in [0.25, 0.3) is 0 Å². The van der Waals surface area contributed by atoms with E-state index in [9.17, 15) is 4.79 Å². The van der Waals surface area contributed by atoms with Crippen LogP contribution in [0, 0.1) is 6.92 Å². The third kappa shape index (κ3) is 2.76. The number of pyridine rings is 1. The van der Waals surface area contributed by atoms with Crippen LogP contribution in [0.15, 0.2) is 33.3 Å². The lowest BCUT2D eigenvalue weighted by Gasteiger charge is -2.03. The zero-order chi connectivity index (χ0) is 12.4. The first-order valence-electron chi connectivity index (χ1n) is 4.81. The summed E-state index contributed by atoms with van der Waals surface area (Å²) in [6.07, 6.45) is 1.67. The number of hydrogen-bond acceptors (Lipinski definition) is 6. The van der Waals surface area contributed by atoms with Gasteiger partial charge in [-0.05, 0) is 30.3 Å². The van der Waals surface area contributed by atoms with Crippen molar-refractivity contribution >= 4 is 23.3 Å². The van der Waals surface area contributed by atoms with E-state index in [-0.39, 0.29) is 11.4 Å². The summed E-state index contributed by atoms with van der Waals surface area (Å²) < 4.78 is 0. The van der Waals surface area contributed by atoms with Crippen LogP contribution in [0.3, 0.4) is 0 Å². The molecular formula is C10H11N5OS. The van der Waals surface area contributed by atoms with E-state index in [1.807, 2.05) is 6.92 Å². The van der Waals surface area contributed by atoms with Crippen molar-refractivity contribution in [1.82, 2.24) is 15.0 Å². The summed E-state index contributed by atoms with van der Waals surface area (Å²) in [7, 11) is 0. The second-order valence-electron chi connectivity index (χ2n) is 3.46. The van der Waals surface area contributed by atoms with Crippen molar-refractivity contribution in [2.45, 2.75) is 17.1 Å². The van der Waals surface area contributed by atoms with Gasteiger partial charge in [0.05, 0.1) is 0 Å². The predicted octanol–water partition coefficient (Wildman–Crippen LogP) is 0.789. The summed E-state index contributed by atoms with van der Waals surface area (Å²) >= 11 is 1.20. The number of nitrogens with one attached hydrogen (secondary N) is 1. The fourth-order valence-electron chi connectivity index (χ4n) is 1.18. The van der Waals surface area contributed by atoms with Crippen molar-refractivity contribution in [2.75, 3.05) is 11.5 Å². The molecule has 88 valence electrons. The maximum atomic E-state index is 11.2. The second kappa shape index (κ2) is 4.46. The molecule has 2 aromatic heterocycles. The second-order valence-corrected chi connectivity index (χ2v) is 4.47. The van der Waals surface area contributed by atoms with Crippen LogP contribution in [-0.4, -0.2) is 15.0 Å². The molecule has 2 rings (SSSR count). The molecule has 5 N–H and O–H groups in total. The van der Waals surface area contributed by atoms with Gasteiger partial charge < -0.3 is 16.5 Å². The van der Waals surface area contributed by atoms with Gasteiger partial charge >= 0.3 is 0 Å². The summed E-state index contributed by atoms with van der Waals surface area (Å²) in [4.78, 5) is 21.9. The number of aromatic amines is 1. The first-order chi connectivity index (χ1) is 8.04. The molecule has 2 aromatic rings. The Bertz CT molecular complexity index is 610. The number of nitrogens with two attached hydrogens (primary N) is 2. The van der Waals surface area contributed by atoms with Crippen molar-refractivity contribution in [3.63, 3.8) is 0 Å². The Kier molecular flexibility index (Phi) is 3.01. The lowest BCUT2D eigenvalue weighted by Crippen LogP contribution is -2.09. The highest BCUT2D eigenvalue weighted by molar-refractivity contribution is 7.99. The maximum Gasteiger partial charge on any atom is 0.253 e. The Labute approximate surface area is 101 Å². The average molecular weight is 249 g/mol. The van der Waals surface area contributed by atoms with Gasteiger partial charge in [-0.3, -0.25) is 4.79 Å². The lowest BCUT2D eigenvalue weighted by atomic mass is 10.3. The van der Waals surface area contributed by atoms with E-state index in [0.29, 0.717) is 15.9 Å². The number of rotatable bonds is 2. The van der Waals surface area contributed by atoms with Gasteiger partial charge in [0.1, 0.15) is 10.8 Å². The van der Waals surface area contributed by atoms with Gasteiger partial charge in [-0.25, -0.2) is 9.97 Å². The van der Waals surface area contributed by atoms with Gasteiger partial charge in [-0.1, -0.05) is 0 Å². The highest BCUT2D eigenvalue weighted by atomic mass is 32.2. The molecule has 6 nitrogen and oxygen atoms in total. The van der Waals surface area contributed by atoms with E-state index in [1.165, 1.54) is 17.8 Å². The summed E-state index contributed by atoms with van der Waals surface area (Å²) in [6.45, 7) is 1.87. The number of aromatic nitrogens is 3. The zero-order valence-electron chi connectivity index (χ0n) is 9.10. The number of nitrogens with zero attached hydrogens (tertiary/aromatic N) is 2. The van der Waals surface area contributed by atoms with Crippen LogP contribution in [0.2, 0.25) is 0 Å². The van der Waals surface area contributed by atoms with Crippen LogP contribution in [-0.2, 0) is 0 Å². The van der Waals surface area contributed by atoms with Crippen LogP contribution in [0.1, 0.15) is 5.56 Å². The highest BCUT2D eigenvalue weighted by Crippen LogP contribution is 2.24. The normalized spacial score (nSPS) is 10.4. The molecule has 0 radical (unpaired) electrons. The Hall–Kier alpha value is -2.02. The average Bonchev–Trinajstić information content (AvgIpc) is 2.22. The molecule has 0 amide bonds. The predicted molar refractivity (Wildman–Crippen MR) is 66.8 cm³/mol. The quantitative estimate of drug-likeness (QED) is 0.678. The molecule has 0 fully saturated rings. The lowest BCUT2D eigenvalue weighted by molar-refractivity contribution is 0.940. The third-order valence-corrected chi connectivity index (χ3v) is 2.88. The van der Waals surface area contributed by atoms with Crippen LogP contribution >= 0.6 is 11.8 Å². The van der Waals surface area contributed by atoms with Gasteiger partial charge in [0.15, 0.2) is 5.16 Å². The smallest absolute Gasteiger partial charge is 0.253 e. The molecule has 0 atom stereocenters. The Morgan fingerprint density at radius 3 is 2.76 bits per heavy atom. The zero-order valence-corrected chi connectivity index (χ0v) is 9.91. The number of aryl methyl sites for hydroxylation is 1. The number of H-pyrrole nitrogens is 1. The van der Waals surface area contributed by atoms with E-state index < -0.39 is 0 Å². The molecule has 0 aliphatic rings. The van der Waals surface area contributed by atoms with Crippen molar-refractivity contribution < 1.29 is 0 Å². The molecule has 2 heterocycles. The Balaban J connectivity index is 2.31. The minimum atomic E-state index is -0.292. The molecule has 7 heteroatoms. The molecule has 0 unspecified atom stereocenters. The van der Waals surface area contributed by atoms with Gasteiger partial charge in [-0.2, -0.15) is 0 Å². The third-order valence-electron chi connectivity index (χ3n) is 2.06. The number of anilines is 2. The molecule has 17 heavy (non-hydrogen) atoms. The summed E-state index contributed by atoms with van der Waals surface area (Å²) in [5, 5.41) is 1.05. The fraction of sp³-hybridized carbons (Fsp3) is 0.100.